The number of amides is 1. The van der Waals surface area contributed by atoms with Crippen LogP contribution >= 0.6 is 0 Å². The van der Waals surface area contributed by atoms with Crippen molar-refractivity contribution >= 4 is 17.5 Å². The van der Waals surface area contributed by atoms with E-state index in [1.165, 1.54) is 6.42 Å². The van der Waals surface area contributed by atoms with E-state index in [0.717, 1.165) is 56.9 Å². The van der Waals surface area contributed by atoms with Crippen LogP contribution in [0.15, 0.2) is 23.3 Å². The van der Waals surface area contributed by atoms with Gasteiger partial charge < -0.3 is 10.0 Å². The Kier molecular flexibility index (Phi) is 11.9. The number of hydrogen-bond acceptors (Lipinski definition) is 5. The maximum Gasteiger partial charge on any atom is 0.222 e. The van der Waals surface area contributed by atoms with E-state index in [9.17, 15) is 24.8 Å². The molecule has 2 aliphatic carbocycles. The summed E-state index contributed by atoms with van der Waals surface area (Å²) in [5, 5.41) is 19.9. The van der Waals surface area contributed by atoms with Crippen LogP contribution in [0, 0.1) is 49.7 Å². The number of rotatable bonds is 13. The molecule has 2 fully saturated rings. The van der Waals surface area contributed by atoms with Crippen LogP contribution in [0.25, 0.3) is 0 Å². The molecule has 0 aromatic heterocycles. The van der Waals surface area contributed by atoms with Gasteiger partial charge in [-0.25, -0.2) is 0 Å². The van der Waals surface area contributed by atoms with E-state index < -0.39 is 10.8 Å². The van der Waals surface area contributed by atoms with Crippen LogP contribution < -0.4 is 0 Å². The Morgan fingerprint density at radius 1 is 0.979 bits per heavy atom. The van der Waals surface area contributed by atoms with Crippen LogP contribution in [-0.4, -0.2) is 46.7 Å². The van der Waals surface area contributed by atoms with Gasteiger partial charge in [0.05, 0.1) is 11.7 Å². The van der Waals surface area contributed by atoms with Gasteiger partial charge in [-0.15, -0.1) is 0 Å². The lowest BCUT2D eigenvalue weighted by molar-refractivity contribution is -0.134. The zero-order chi connectivity index (χ0) is 35.6. The number of carbonyl (C=O) groups excluding carboxylic acids is 3. The van der Waals surface area contributed by atoms with Crippen molar-refractivity contribution in [3.8, 4) is 6.07 Å². The third kappa shape index (κ3) is 8.31. The topological polar surface area (TPSA) is 98.5 Å². The summed E-state index contributed by atoms with van der Waals surface area (Å²) >= 11 is 0. The molecule has 1 N–H and O–H groups in total. The predicted molar refractivity (Wildman–Crippen MR) is 190 cm³/mol. The van der Waals surface area contributed by atoms with Crippen molar-refractivity contribution in [2.45, 2.75) is 159 Å². The number of carbonyl (C=O) groups is 3. The minimum Gasteiger partial charge on any atom is -0.393 e. The van der Waals surface area contributed by atoms with Gasteiger partial charge in [-0.1, -0.05) is 87.3 Å². The molecule has 1 saturated carbocycles. The minimum absolute atomic E-state index is 0.00190. The number of piperidine rings is 1. The van der Waals surface area contributed by atoms with Gasteiger partial charge >= 0.3 is 0 Å². The van der Waals surface area contributed by atoms with Gasteiger partial charge in [0.2, 0.25) is 5.91 Å². The standard InChI is InChI=1S/C41H66N2O4/c1-12-17-36(3,4)20-22-39(9,18-14-34(46)43-24-15-31(45)16-25-43)23-21-37(5,6)41(11)19-13-32-38(7,8)35(47)30(28-42)27-40(32,10)33(41)26-29(2)44/h26-27,31-32,45H,12-25H2,1-11H3/b33-26-/t32-,39-,40-,41+/m0/s1. The zero-order valence-electron chi connectivity index (χ0n) is 31.8. The molecule has 0 aromatic rings. The Hall–Kier alpha value is -2.26. The first-order valence-electron chi connectivity index (χ1n) is 18.4. The molecule has 3 rings (SSSR count). The van der Waals surface area contributed by atoms with Crippen molar-refractivity contribution in [1.29, 1.82) is 5.26 Å². The highest BCUT2D eigenvalue weighted by Crippen LogP contribution is 2.67. The van der Waals surface area contributed by atoms with Gasteiger partial charge in [0.1, 0.15) is 6.07 Å². The highest BCUT2D eigenvalue weighted by Gasteiger charge is 2.61. The molecule has 0 bridgehead atoms. The SMILES string of the molecule is CCCC(C)(C)CC[C@](C)(CCC(=O)N1CCC(O)CC1)CCC(C)(C)[C@]1(C)CC[C@H]2C(C)(C)C(=O)C(C#N)=C[C@]2(C)/C1=C/C(C)=O. The molecule has 0 unspecified atom stereocenters. The summed E-state index contributed by atoms with van der Waals surface area (Å²) in [4.78, 5) is 41.5. The number of ketones is 2. The van der Waals surface area contributed by atoms with Gasteiger partial charge in [0.25, 0.3) is 0 Å². The Bertz CT molecular complexity index is 1290. The first-order valence-corrected chi connectivity index (χ1v) is 18.4. The molecule has 0 spiro atoms. The fourth-order valence-electron chi connectivity index (χ4n) is 9.50. The van der Waals surface area contributed by atoms with E-state index in [1.807, 2.05) is 30.9 Å². The first kappa shape index (κ1) is 39.2. The number of aliphatic hydroxyl groups excluding tert-OH is 1. The fraction of sp³-hybridized carbons (Fsp3) is 0.805. The Balaban J connectivity index is 1.94. The summed E-state index contributed by atoms with van der Waals surface area (Å²) in [6, 6.07) is 2.19. The number of fused-ring (bicyclic) bond motifs is 1. The highest BCUT2D eigenvalue weighted by molar-refractivity contribution is 6.04. The second-order valence-electron chi connectivity index (χ2n) is 18.3. The second-order valence-corrected chi connectivity index (χ2v) is 18.3. The number of likely N-dealkylation sites (tertiary alicyclic amines) is 1. The van der Waals surface area contributed by atoms with E-state index in [4.69, 9.17) is 0 Å². The molecular formula is C41H66N2O4. The lowest BCUT2D eigenvalue weighted by atomic mass is 9.42. The van der Waals surface area contributed by atoms with Gasteiger partial charge in [-0.05, 0) is 105 Å². The molecule has 6 heteroatoms. The molecule has 1 heterocycles. The fourth-order valence-corrected chi connectivity index (χ4v) is 9.50. The molecule has 1 saturated heterocycles. The second kappa shape index (κ2) is 14.3. The lowest BCUT2D eigenvalue weighted by Crippen LogP contribution is -2.55. The van der Waals surface area contributed by atoms with Gasteiger partial charge in [-0.2, -0.15) is 5.26 Å². The smallest absolute Gasteiger partial charge is 0.222 e. The van der Waals surface area contributed by atoms with Crippen LogP contribution in [0.3, 0.4) is 0 Å². The van der Waals surface area contributed by atoms with Gasteiger partial charge in [0, 0.05) is 30.3 Å². The van der Waals surface area contributed by atoms with Crippen LogP contribution in [0.2, 0.25) is 0 Å². The Morgan fingerprint density at radius 3 is 2.13 bits per heavy atom. The van der Waals surface area contributed by atoms with Crippen LogP contribution in [0.4, 0.5) is 0 Å². The number of Topliss-reactive ketones (excluding diaryl/α,β-unsaturated/α-hetero) is 1. The average Bonchev–Trinajstić information content (AvgIpc) is 2.98. The molecule has 0 aromatic carbocycles. The number of allylic oxidation sites excluding steroid dienone is 4. The first-order chi connectivity index (χ1) is 21.6. The van der Waals surface area contributed by atoms with Gasteiger partial charge in [-0.3, -0.25) is 14.4 Å². The molecular weight excluding hydrogens is 584 g/mol. The maximum absolute atomic E-state index is 13.4. The third-order valence-electron chi connectivity index (χ3n) is 13.4. The van der Waals surface area contributed by atoms with E-state index in [1.54, 1.807) is 6.92 Å². The largest absolute Gasteiger partial charge is 0.393 e. The van der Waals surface area contributed by atoms with Crippen molar-refractivity contribution in [3.63, 3.8) is 0 Å². The number of nitrogens with zero attached hydrogens (tertiary/aromatic N) is 2. The van der Waals surface area contributed by atoms with Crippen molar-refractivity contribution in [2.75, 3.05) is 13.1 Å². The summed E-state index contributed by atoms with van der Waals surface area (Å²) in [5.74, 6) is 0.110. The van der Waals surface area contributed by atoms with E-state index in [0.29, 0.717) is 32.4 Å². The molecule has 1 aliphatic heterocycles. The molecule has 3 aliphatic rings. The van der Waals surface area contributed by atoms with E-state index in [-0.39, 0.29) is 56.7 Å². The van der Waals surface area contributed by atoms with Crippen LogP contribution in [0.5, 0.6) is 0 Å². The maximum atomic E-state index is 13.4. The summed E-state index contributed by atoms with van der Waals surface area (Å²) in [7, 11) is 0. The van der Waals surface area contributed by atoms with Crippen molar-refractivity contribution in [1.82, 2.24) is 4.90 Å². The molecule has 0 radical (unpaired) electrons. The van der Waals surface area contributed by atoms with E-state index >= 15 is 0 Å². The van der Waals surface area contributed by atoms with Crippen LogP contribution in [0.1, 0.15) is 153 Å². The van der Waals surface area contributed by atoms with Gasteiger partial charge in [0.15, 0.2) is 11.6 Å². The highest BCUT2D eigenvalue weighted by atomic mass is 16.3. The zero-order valence-corrected chi connectivity index (χ0v) is 31.8. The molecule has 47 heavy (non-hydrogen) atoms. The average molecular weight is 651 g/mol. The van der Waals surface area contributed by atoms with Crippen molar-refractivity contribution in [2.24, 2.45) is 38.4 Å². The number of nitriles is 1. The molecule has 4 atom stereocenters. The summed E-state index contributed by atoms with van der Waals surface area (Å²) in [6.45, 7) is 25.3. The third-order valence-corrected chi connectivity index (χ3v) is 13.4. The van der Waals surface area contributed by atoms with Crippen molar-refractivity contribution < 1.29 is 19.5 Å². The predicted octanol–water partition coefficient (Wildman–Crippen LogP) is 9.17. The summed E-state index contributed by atoms with van der Waals surface area (Å²) in [6.07, 6.45) is 14.2. The molecule has 6 nitrogen and oxygen atoms in total. The molecule has 264 valence electrons. The Morgan fingerprint density at radius 2 is 1.57 bits per heavy atom. The lowest BCUT2D eigenvalue weighted by Gasteiger charge is -2.61. The number of aliphatic hydroxyl groups is 1. The summed E-state index contributed by atoms with van der Waals surface area (Å²) in [5.41, 5.74) is -0.320. The quantitative estimate of drug-likeness (QED) is 0.200. The number of hydrogen-bond donors (Lipinski definition) is 1. The normalized spacial score (nSPS) is 29.1. The summed E-state index contributed by atoms with van der Waals surface area (Å²) < 4.78 is 0. The van der Waals surface area contributed by atoms with Crippen molar-refractivity contribution in [3.05, 3.63) is 23.3 Å². The minimum atomic E-state index is -0.696. The van der Waals surface area contributed by atoms with E-state index in [2.05, 4.69) is 61.5 Å². The monoisotopic (exact) mass is 651 g/mol. The Labute approximate surface area is 286 Å². The molecule has 1 amide bonds. The van der Waals surface area contributed by atoms with Crippen LogP contribution in [-0.2, 0) is 14.4 Å².